The summed E-state index contributed by atoms with van der Waals surface area (Å²) in [6, 6.07) is 13.1. The molecule has 0 bridgehead atoms. The third-order valence-electron chi connectivity index (χ3n) is 4.39. The van der Waals surface area contributed by atoms with E-state index in [0.29, 0.717) is 16.9 Å². The number of Topliss-reactive ketones (excluding diaryl/α,β-unsaturated/α-hetero) is 1. The number of halogens is 1. The second-order valence-electron chi connectivity index (χ2n) is 6.11. The zero-order chi connectivity index (χ0) is 18.9. The standard InChI is InChI=1S/C19H17BrN2O4/c1-19(13-4-3-5-14(20)10-13)17(24)22(18(25)21-19)11-16(23)12-6-8-15(26-2)9-7-12/h3-10H,11H2,1-2H3,(H,21,25). The Morgan fingerprint density at radius 1 is 1.19 bits per heavy atom. The molecule has 3 amide bonds. The van der Waals surface area contributed by atoms with E-state index in [1.54, 1.807) is 49.4 Å². The van der Waals surface area contributed by atoms with Crippen molar-refractivity contribution in [2.24, 2.45) is 0 Å². The first-order valence-corrected chi connectivity index (χ1v) is 8.72. The second-order valence-corrected chi connectivity index (χ2v) is 7.02. The number of hydrogen-bond donors (Lipinski definition) is 1. The van der Waals surface area contributed by atoms with Gasteiger partial charge in [0.1, 0.15) is 11.3 Å². The molecule has 7 heteroatoms. The van der Waals surface area contributed by atoms with Crippen molar-refractivity contribution in [1.29, 1.82) is 0 Å². The maximum absolute atomic E-state index is 12.9. The highest BCUT2D eigenvalue weighted by atomic mass is 79.9. The van der Waals surface area contributed by atoms with Crippen LogP contribution >= 0.6 is 15.9 Å². The Hall–Kier alpha value is -2.67. The van der Waals surface area contributed by atoms with Gasteiger partial charge in [0.2, 0.25) is 0 Å². The summed E-state index contributed by atoms with van der Waals surface area (Å²) < 4.78 is 5.86. The van der Waals surface area contributed by atoms with Gasteiger partial charge in [0.15, 0.2) is 5.78 Å². The van der Waals surface area contributed by atoms with Gasteiger partial charge < -0.3 is 10.1 Å². The van der Waals surface area contributed by atoms with E-state index in [4.69, 9.17) is 4.74 Å². The molecule has 1 saturated heterocycles. The number of ketones is 1. The summed E-state index contributed by atoms with van der Waals surface area (Å²) in [4.78, 5) is 38.6. The largest absolute Gasteiger partial charge is 0.497 e. The SMILES string of the molecule is COc1ccc(C(=O)CN2C(=O)NC(C)(c3cccc(Br)c3)C2=O)cc1. The summed E-state index contributed by atoms with van der Waals surface area (Å²) in [7, 11) is 1.53. The predicted octanol–water partition coefficient (Wildman–Crippen LogP) is 3.11. The van der Waals surface area contributed by atoms with Gasteiger partial charge in [0.25, 0.3) is 5.91 Å². The highest BCUT2D eigenvalue weighted by Gasteiger charge is 2.49. The first-order chi connectivity index (χ1) is 12.3. The van der Waals surface area contributed by atoms with E-state index in [9.17, 15) is 14.4 Å². The highest BCUT2D eigenvalue weighted by Crippen LogP contribution is 2.30. The van der Waals surface area contributed by atoms with Crippen molar-refractivity contribution in [2.45, 2.75) is 12.5 Å². The fourth-order valence-electron chi connectivity index (χ4n) is 2.85. The maximum atomic E-state index is 12.9. The molecule has 0 spiro atoms. The summed E-state index contributed by atoms with van der Waals surface area (Å²) in [5, 5.41) is 2.69. The van der Waals surface area contributed by atoms with Crippen LogP contribution < -0.4 is 10.1 Å². The van der Waals surface area contributed by atoms with Gasteiger partial charge in [-0.05, 0) is 48.9 Å². The van der Waals surface area contributed by atoms with Gasteiger partial charge in [-0.15, -0.1) is 0 Å². The lowest BCUT2D eigenvalue weighted by molar-refractivity contribution is -0.130. The molecule has 2 aromatic carbocycles. The van der Waals surface area contributed by atoms with Crippen molar-refractivity contribution in [3.05, 3.63) is 64.1 Å². The average Bonchev–Trinajstić information content (AvgIpc) is 2.86. The lowest BCUT2D eigenvalue weighted by Crippen LogP contribution is -2.41. The molecule has 26 heavy (non-hydrogen) atoms. The van der Waals surface area contributed by atoms with Crippen LogP contribution in [0.25, 0.3) is 0 Å². The van der Waals surface area contributed by atoms with Gasteiger partial charge in [0, 0.05) is 10.0 Å². The third-order valence-corrected chi connectivity index (χ3v) is 4.88. The molecule has 2 aromatic rings. The number of nitrogens with one attached hydrogen (secondary N) is 1. The van der Waals surface area contributed by atoms with Crippen LogP contribution in [0, 0.1) is 0 Å². The van der Waals surface area contributed by atoms with Crippen molar-refractivity contribution < 1.29 is 19.1 Å². The lowest BCUT2D eigenvalue weighted by Gasteiger charge is -2.22. The van der Waals surface area contributed by atoms with E-state index in [1.165, 1.54) is 7.11 Å². The van der Waals surface area contributed by atoms with Gasteiger partial charge >= 0.3 is 6.03 Å². The van der Waals surface area contributed by atoms with Crippen LogP contribution in [-0.4, -0.2) is 36.3 Å². The zero-order valence-electron chi connectivity index (χ0n) is 14.3. The topological polar surface area (TPSA) is 75.7 Å². The fraction of sp³-hybridized carbons (Fsp3) is 0.211. The average molecular weight is 417 g/mol. The Balaban J connectivity index is 1.81. The summed E-state index contributed by atoms with van der Waals surface area (Å²) in [5.74, 6) is -0.157. The normalized spacial score (nSPS) is 19.4. The number of urea groups is 1. The van der Waals surface area contributed by atoms with Crippen LogP contribution in [0.2, 0.25) is 0 Å². The first kappa shape index (κ1) is 18.1. The van der Waals surface area contributed by atoms with Crippen molar-refractivity contribution in [3.8, 4) is 5.75 Å². The Morgan fingerprint density at radius 3 is 2.50 bits per heavy atom. The Morgan fingerprint density at radius 2 is 1.88 bits per heavy atom. The fourth-order valence-corrected chi connectivity index (χ4v) is 3.25. The van der Waals surface area contributed by atoms with Crippen molar-refractivity contribution in [3.63, 3.8) is 0 Å². The van der Waals surface area contributed by atoms with E-state index in [1.807, 2.05) is 6.07 Å². The van der Waals surface area contributed by atoms with E-state index >= 15 is 0 Å². The highest BCUT2D eigenvalue weighted by molar-refractivity contribution is 9.10. The minimum absolute atomic E-state index is 0.319. The smallest absolute Gasteiger partial charge is 0.325 e. The lowest BCUT2D eigenvalue weighted by atomic mass is 9.92. The monoisotopic (exact) mass is 416 g/mol. The molecule has 0 aromatic heterocycles. The molecular formula is C19H17BrN2O4. The summed E-state index contributed by atoms with van der Waals surface area (Å²) in [6.07, 6.45) is 0. The van der Waals surface area contributed by atoms with Gasteiger partial charge in [-0.3, -0.25) is 14.5 Å². The number of nitrogens with zero attached hydrogens (tertiary/aromatic N) is 1. The number of ether oxygens (including phenoxy) is 1. The number of amides is 3. The van der Waals surface area contributed by atoms with Gasteiger partial charge in [-0.25, -0.2) is 4.79 Å². The number of benzene rings is 2. The quantitative estimate of drug-likeness (QED) is 0.599. The molecule has 1 aliphatic heterocycles. The summed E-state index contributed by atoms with van der Waals surface area (Å²) in [5.41, 5.74) is -0.159. The summed E-state index contributed by atoms with van der Waals surface area (Å²) in [6.45, 7) is 1.31. The minimum Gasteiger partial charge on any atom is -0.497 e. The van der Waals surface area contributed by atoms with Crippen LogP contribution in [0.5, 0.6) is 5.75 Å². The number of carbonyl (C=O) groups is 3. The van der Waals surface area contributed by atoms with Gasteiger partial charge in [-0.1, -0.05) is 28.1 Å². The number of imide groups is 1. The van der Waals surface area contributed by atoms with E-state index in [-0.39, 0.29) is 12.3 Å². The van der Waals surface area contributed by atoms with Crippen molar-refractivity contribution in [2.75, 3.05) is 13.7 Å². The first-order valence-electron chi connectivity index (χ1n) is 7.92. The Bertz CT molecular complexity index is 881. The molecule has 6 nitrogen and oxygen atoms in total. The molecule has 3 rings (SSSR count). The number of methoxy groups -OCH3 is 1. The molecule has 1 atom stereocenters. The third kappa shape index (κ3) is 3.22. The van der Waals surface area contributed by atoms with Crippen molar-refractivity contribution in [1.82, 2.24) is 10.2 Å². The van der Waals surface area contributed by atoms with Crippen LogP contribution in [0.3, 0.4) is 0 Å². The predicted molar refractivity (Wildman–Crippen MR) is 99.1 cm³/mol. The number of hydrogen-bond acceptors (Lipinski definition) is 4. The zero-order valence-corrected chi connectivity index (χ0v) is 15.9. The Kier molecular flexibility index (Phi) is 4.82. The molecule has 0 radical (unpaired) electrons. The maximum Gasteiger partial charge on any atom is 0.325 e. The molecular weight excluding hydrogens is 400 g/mol. The van der Waals surface area contributed by atoms with Gasteiger partial charge in [0.05, 0.1) is 13.7 Å². The van der Waals surface area contributed by atoms with E-state index in [0.717, 1.165) is 9.37 Å². The molecule has 1 aliphatic rings. The number of rotatable bonds is 5. The molecule has 1 N–H and O–H groups in total. The van der Waals surface area contributed by atoms with Crippen LogP contribution in [0.4, 0.5) is 4.79 Å². The minimum atomic E-state index is -1.21. The number of carbonyl (C=O) groups excluding carboxylic acids is 3. The van der Waals surface area contributed by atoms with Crippen LogP contribution in [0.1, 0.15) is 22.8 Å². The van der Waals surface area contributed by atoms with E-state index < -0.39 is 17.5 Å². The molecule has 0 aliphatic carbocycles. The van der Waals surface area contributed by atoms with Crippen molar-refractivity contribution >= 4 is 33.7 Å². The van der Waals surface area contributed by atoms with E-state index in [2.05, 4.69) is 21.2 Å². The molecule has 1 unspecified atom stereocenters. The van der Waals surface area contributed by atoms with Crippen LogP contribution in [0.15, 0.2) is 53.0 Å². The molecule has 0 saturated carbocycles. The van der Waals surface area contributed by atoms with Crippen LogP contribution in [-0.2, 0) is 10.3 Å². The molecule has 1 heterocycles. The van der Waals surface area contributed by atoms with Gasteiger partial charge in [-0.2, -0.15) is 0 Å². The second kappa shape index (κ2) is 6.92. The molecule has 134 valence electrons. The molecule has 1 fully saturated rings. The summed E-state index contributed by atoms with van der Waals surface area (Å²) >= 11 is 3.36. The Labute approximate surface area is 159 Å².